The van der Waals surface area contributed by atoms with Gasteiger partial charge in [0.15, 0.2) is 5.75 Å². The van der Waals surface area contributed by atoms with Crippen molar-refractivity contribution in [3.63, 3.8) is 0 Å². The maximum absolute atomic E-state index is 13.3. The fraction of sp³-hybridized carbons (Fsp3) is 0.286. The van der Waals surface area contributed by atoms with E-state index in [1.54, 1.807) is 36.2 Å². The van der Waals surface area contributed by atoms with Crippen LogP contribution in [0, 0.1) is 5.92 Å². The van der Waals surface area contributed by atoms with E-state index in [0.29, 0.717) is 11.3 Å². The zero-order valence-corrected chi connectivity index (χ0v) is 20.4. The number of carbonyl (C=O) groups excluding carboxylic acids is 2. The smallest absolute Gasteiger partial charge is 0.321 e. The molecular formula is C28H28N4O5. The van der Waals surface area contributed by atoms with Crippen molar-refractivity contribution in [1.82, 2.24) is 5.32 Å². The second-order valence-corrected chi connectivity index (χ2v) is 9.34. The number of aliphatic imine (C=N–C) groups is 1. The van der Waals surface area contributed by atoms with Crippen molar-refractivity contribution in [3.8, 4) is 17.1 Å². The highest BCUT2D eigenvalue weighted by Gasteiger charge is 2.33. The van der Waals surface area contributed by atoms with Gasteiger partial charge in [-0.25, -0.2) is 4.79 Å². The zero-order chi connectivity index (χ0) is 25.9. The van der Waals surface area contributed by atoms with Crippen molar-refractivity contribution in [3.05, 3.63) is 76.6 Å². The number of benzodiazepines with no additional fused rings is 1. The molecule has 1 saturated carbocycles. The minimum Gasteiger partial charge on any atom is -0.502 e. The summed E-state index contributed by atoms with van der Waals surface area (Å²) >= 11 is 0. The third-order valence-electron chi connectivity index (χ3n) is 6.85. The van der Waals surface area contributed by atoms with Crippen LogP contribution in [-0.2, 0) is 4.79 Å². The molecular weight excluding hydrogens is 472 g/mol. The number of hydrogen-bond acceptors (Lipinski definition) is 6. The number of para-hydroxylation sites is 1. The van der Waals surface area contributed by atoms with Gasteiger partial charge in [0.2, 0.25) is 11.6 Å². The number of benzene rings is 2. The Morgan fingerprint density at radius 3 is 2.62 bits per heavy atom. The van der Waals surface area contributed by atoms with Crippen molar-refractivity contribution in [2.75, 3.05) is 17.3 Å². The Bertz CT molecular complexity index is 1420. The molecule has 3 amide bonds. The second-order valence-electron chi connectivity index (χ2n) is 9.34. The third-order valence-corrected chi connectivity index (χ3v) is 6.85. The van der Waals surface area contributed by atoms with Gasteiger partial charge in [-0.15, -0.1) is 0 Å². The van der Waals surface area contributed by atoms with E-state index in [4.69, 9.17) is 9.41 Å². The summed E-state index contributed by atoms with van der Waals surface area (Å²) in [6, 6.07) is 15.0. The lowest BCUT2D eigenvalue weighted by Gasteiger charge is -2.25. The van der Waals surface area contributed by atoms with Gasteiger partial charge in [-0.3, -0.25) is 14.6 Å². The first-order valence-electron chi connectivity index (χ1n) is 12.3. The van der Waals surface area contributed by atoms with E-state index in [-0.39, 0.29) is 17.6 Å². The predicted molar refractivity (Wildman–Crippen MR) is 141 cm³/mol. The van der Waals surface area contributed by atoms with E-state index in [1.807, 2.05) is 24.3 Å². The molecule has 0 spiro atoms. The van der Waals surface area contributed by atoms with E-state index in [0.717, 1.165) is 48.9 Å². The summed E-state index contributed by atoms with van der Waals surface area (Å²) in [5.74, 6) is -0.330. The summed E-state index contributed by atoms with van der Waals surface area (Å²) in [6.45, 7) is 0. The Labute approximate surface area is 213 Å². The molecule has 9 heteroatoms. The SMILES string of the molecule is CN1C(=O)[C@H](NC(=O)Nc2cccc(-c3cc(=O)c(O)co3)c2)N=C(C2CCCCC2)c2ccccc21. The van der Waals surface area contributed by atoms with Crippen LogP contribution in [0.1, 0.15) is 37.7 Å². The molecule has 2 aromatic carbocycles. The summed E-state index contributed by atoms with van der Waals surface area (Å²) in [6.07, 6.45) is 5.33. The van der Waals surface area contributed by atoms with Crippen molar-refractivity contribution < 1.29 is 19.1 Å². The molecule has 1 aliphatic carbocycles. The van der Waals surface area contributed by atoms with Crippen LogP contribution in [0.4, 0.5) is 16.2 Å². The first kappa shape index (κ1) is 24.3. The fourth-order valence-corrected chi connectivity index (χ4v) is 4.94. The summed E-state index contributed by atoms with van der Waals surface area (Å²) < 4.78 is 5.30. The minimum absolute atomic E-state index is 0.234. The number of carbonyl (C=O) groups is 2. The molecule has 3 aromatic rings. The van der Waals surface area contributed by atoms with Gasteiger partial charge in [0, 0.05) is 35.8 Å². The average molecular weight is 501 g/mol. The highest BCUT2D eigenvalue weighted by atomic mass is 16.3. The number of nitrogens with one attached hydrogen (secondary N) is 2. The van der Waals surface area contributed by atoms with E-state index in [9.17, 15) is 19.5 Å². The van der Waals surface area contributed by atoms with Crippen molar-refractivity contribution in [1.29, 1.82) is 0 Å². The first-order valence-corrected chi connectivity index (χ1v) is 12.3. The number of amides is 3. The number of rotatable bonds is 4. The number of anilines is 2. The molecule has 0 unspecified atom stereocenters. The summed E-state index contributed by atoms with van der Waals surface area (Å²) in [5, 5.41) is 14.9. The monoisotopic (exact) mass is 500 g/mol. The van der Waals surface area contributed by atoms with Crippen LogP contribution in [0.15, 0.2) is 75.1 Å². The van der Waals surface area contributed by atoms with Crippen LogP contribution >= 0.6 is 0 Å². The van der Waals surface area contributed by atoms with Crippen molar-refractivity contribution in [2.45, 2.75) is 38.3 Å². The Kier molecular flexibility index (Phi) is 6.76. The molecule has 1 fully saturated rings. The molecule has 190 valence electrons. The lowest BCUT2D eigenvalue weighted by molar-refractivity contribution is -0.119. The maximum Gasteiger partial charge on any atom is 0.321 e. The maximum atomic E-state index is 13.3. The molecule has 1 aromatic heterocycles. The van der Waals surface area contributed by atoms with E-state index < -0.39 is 23.4 Å². The molecule has 9 nitrogen and oxygen atoms in total. The number of fused-ring (bicyclic) bond motifs is 1. The molecule has 2 heterocycles. The second kappa shape index (κ2) is 10.3. The van der Waals surface area contributed by atoms with Crippen molar-refractivity contribution in [2.24, 2.45) is 10.9 Å². The zero-order valence-electron chi connectivity index (χ0n) is 20.4. The summed E-state index contributed by atoms with van der Waals surface area (Å²) in [4.78, 5) is 44.4. The van der Waals surface area contributed by atoms with E-state index in [1.165, 1.54) is 12.5 Å². The molecule has 0 bridgehead atoms. The quantitative estimate of drug-likeness (QED) is 0.486. The minimum atomic E-state index is -1.08. The normalized spacial score (nSPS) is 18.0. The van der Waals surface area contributed by atoms with Gasteiger partial charge in [0.25, 0.3) is 5.91 Å². The van der Waals surface area contributed by atoms with Crippen molar-refractivity contribution >= 4 is 29.0 Å². The topological polar surface area (TPSA) is 124 Å². The van der Waals surface area contributed by atoms with Gasteiger partial charge in [-0.05, 0) is 31.0 Å². The third kappa shape index (κ3) is 5.11. The van der Waals surface area contributed by atoms with Gasteiger partial charge in [0.1, 0.15) is 12.0 Å². The molecule has 1 aliphatic heterocycles. The Hall–Kier alpha value is -4.40. The Balaban J connectivity index is 1.39. The van der Waals surface area contributed by atoms with E-state index >= 15 is 0 Å². The molecule has 3 N–H and O–H groups in total. The van der Waals surface area contributed by atoms with Gasteiger partial charge < -0.3 is 25.1 Å². The standard InChI is InChI=1S/C28H28N4O5/c1-32-21-13-6-5-12-20(21)25(17-8-3-2-4-9-17)30-26(27(32)35)31-28(36)29-19-11-7-10-18(14-19)24-15-22(33)23(34)16-37-24/h5-7,10-17,26,34H,2-4,8-9H2,1H3,(H2,29,31,36)/t26-/m0/s1. The highest BCUT2D eigenvalue weighted by molar-refractivity contribution is 6.14. The van der Waals surface area contributed by atoms with Crippen LogP contribution in [0.2, 0.25) is 0 Å². The van der Waals surface area contributed by atoms with Gasteiger partial charge in [0.05, 0.1) is 11.4 Å². The van der Waals surface area contributed by atoms with Crippen LogP contribution in [-0.4, -0.2) is 36.0 Å². The Morgan fingerprint density at radius 1 is 1.05 bits per heavy atom. The van der Waals surface area contributed by atoms with Crippen LogP contribution in [0.5, 0.6) is 5.75 Å². The molecule has 37 heavy (non-hydrogen) atoms. The summed E-state index contributed by atoms with van der Waals surface area (Å²) in [5.41, 5.74) is 2.97. The molecule has 0 saturated heterocycles. The number of aromatic hydroxyl groups is 1. The molecule has 0 radical (unpaired) electrons. The fourth-order valence-electron chi connectivity index (χ4n) is 4.94. The number of hydrogen-bond donors (Lipinski definition) is 3. The van der Waals surface area contributed by atoms with Crippen LogP contribution < -0.4 is 21.0 Å². The first-order chi connectivity index (χ1) is 17.9. The average Bonchev–Trinajstić information content (AvgIpc) is 3.01. The number of likely N-dealkylation sites (N-methyl/N-ethyl adjacent to an activating group) is 1. The van der Waals surface area contributed by atoms with Gasteiger partial charge in [-0.2, -0.15) is 0 Å². The predicted octanol–water partition coefficient (Wildman–Crippen LogP) is 4.51. The number of urea groups is 1. The molecule has 1 atom stereocenters. The molecule has 5 rings (SSSR count). The largest absolute Gasteiger partial charge is 0.502 e. The number of nitrogens with zero attached hydrogens (tertiary/aromatic N) is 2. The van der Waals surface area contributed by atoms with Crippen LogP contribution in [0.3, 0.4) is 0 Å². The van der Waals surface area contributed by atoms with Gasteiger partial charge >= 0.3 is 6.03 Å². The lowest BCUT2D eigenvalue weighted by Crippen LogP contribution is -2.47. The highest BCUT2D eigenvalue weighted by Crippen LogP contribution is 2.33. The lowest BCUT2D eigenvalue weighted by atomic mass is 9.83. The van der Waals surface area contributed by atoms with Gasteiger partial charge in [-0.1, -0.05) is 49.6 Å². The van der Waals surface area contributed by atoms with Crippen LogP contribution in [0.25, 0.3) is 11.3 Å². The Morgan fingerprint density at radius 2 is 1.84 bits per heavy atom. The molecule has 2 aliphatic rings. The van der Waals surface area contributed by atoms with E-state index in [2.05, 4.69) is 10.6 Å². The summed E-state index contributed by atoms with van der Waals surface area (Å²) in [7, 11) is 1.70.